The van der Waals surface area contributed by atoms with E-state index in [0.29, 0.717) is 23.9 Å². The lowest BCUT2D eigenvalue weighted by Gasteiger charge is -2.41. The molecular formula is C17H21N3O. The Balaban J connectivity index is 1.77. The van der Waals surface area contributed by atoms with Crippen LogP contribution in [0.2, 0.25) is 0 Å². The molecule has 2 aliphatic rings. The van der Waals surface area contributed by atoms with Crippen molar-refractivity contribution in [3.8, 4) is 0 Å². The Morgan fingerprint density at radius 2 is 2.00 bits per heavy atom. The molecule has 0 saturated carbocycles. The van der Waals surface area contributed by atoms with Crippen molar-refractivity contribution in [2.75, 3.05) is 7.05 Å². The molecule has 110 valence electrons. The Morgan fingerprint density at radius 1 is 1.19 bits per heavy atom. The first-order valence-electron chi connectivity index (χ1n) is 7.81. The quantitative estimate of drug-likeness (QED) is 0.849. The van der Waals surface area contributed by atoms with Crippen LogP contribution in [0.5, 0.6) is 0 Å². The molecule has 2 aliphatic heterocycles. The highest BCUT2D eigenvalue weighted by molar-refractivity contribution is 5.27. The summed E-state index contributed by atoms with van der Waals surface area (Å²) in [4.78, 5) is 7.09. The van der Waals surface area contributed by atoms with Crippen LogP contribution in [0.15, 0.2) is 34.9 Å². The summed E-state index contributed by atoms with van der Waals surface area (Å²) in [6, 6.07) is 12.0. The smallest absolute Gasteiger partial charge is 0.231 e. The van der Waals surface area contributed by atoms with Gasteiger partial charge in [-0.3, -0.25) is 4.90 Å². The second kappa shape index (κ2) is 4.95. The first-order chi connectivity index (χ1) is 10.2. The number of rotatable bonds is 2. The highest BCUT2D eigenvalue weighted by Crippen LogP contribution is 2.50. The van der Waals surface area contributed by atoms with Crippen molar-refractivity contribution >= 4 is 0 Å². The Morgan fingerprint density at radius 3 is 2.71 bits per heavy atom. The van der Waals surface area contributed by atoms with Crippen LogP contribution in [0.3, 0.4) is 0 Å². The van der Waals surface area contributed by atoms with Gasteiger partial charge in [0.05, 0.1) is 5.92 Å². The van der Waals surface area contributed by atoms with Crippen molar-refractivity contribution in [1.82, 2.24) is 15.0 Å². The Kier molecular flexibility index (Phi) is 3.07. The lowest BCUT2D eigenvalue weighted by Crippen LogP contribution is -2.44. The van der Waals surface area contributed by atoms with E-state index in [0.717, 1.165) is 11.7 Å². The van der Waals surface area contributed by atoms with E-state index in [2.05, 4.69) is 52.4 Å². The number of piperidine rings is 1. The van der Waals surface area contributed by atoms with Crippen molar-refractivity contribution in [3.05, 3.63) is 47.6 Å². The summed E-state index contributed by atoms with van der Waals surface area (Å²) in [5, 5.41) is 4.02. The molecule has 0 spiro atoms. The van der Waals surface area contributed by atoms with E-state index in [1.165, 1.54) is 24.8 Å². The molecule has 1 aromatic carbocycles. The largest absolute Gasteiger partial charge is 0.339 e. The lowest BCUT2D eigenvalue weighted by molar-refractivity contribution is 0.120. The average molecular weight is 283 g/mol. The van der Waals surface area contributed by atoms with E-state index < -0.39 is 0 Å². The molecule has 2 aromatic rings. The van der Waals surface area contributed by atoms with Gasteiger partial charge in [0.25, 0.3) is 0 Å². The molecule has 0 N–H and O–H groups in total. The van der Waals surface area contributed by atoms with Crippen LogP contribution in [0.1, 0.15) is 48.4 Å². The number of hydrogen-bond acceptors (Lipinski definition) is 4. The van der Waals surface area contributed by atoms with Crippen LogP contribution in [-0.2, 0) is 0 Å². The molecule has 4 nitrogen and oxygen atoms in total. The molecule has 3 unspecified atom stereocenters. The van der Waals surface area contributed by atoms with Crippen molar-refractivity contribution in [3.63, 3.8) is 0 Å². The zero-order valence-corrected chi connectivity index (χ0v) is 12.6. The van der Waals surface area contributed by atoms with Gasteiger partial charge in [-0.05, 0) is 44.7 Å². The zero-order chi connectivity index (χ0) is 14.4. The van der Waals surface area contributed by atoms with Gasteiger partial charge >= 0.3 is 0 Å². The van der Waals surface area contributed by atoms with Gasteiger partial charge in [0, 0.05) is 12.1 Å². The minimum Gasteiger partial charge on any atom is -0.339 e. The standard InChI is InChI=1S/C17H21N3O/c1-11-18-17(21-19-11)16-14(12-6-4-3-5-7-12)10-13-8-9-15(16)20(13)2/h3-7,13-16H,8-10H2,1-2H3/t13?,14?,15?,16-/m0/s1. The molecule has 0 radical (unpaired) electrons. The number of aromatic nitrogens is 2. The van der Waals surface area contributed by atoms with Crippen molar-refractivity contribution < 1.29 is 4.52 Å². The van der Waals surface area contributed by atoms with Crippen LogP contribution in [0.4, 0.5) is 0 Å². The number of fused-ring (bicyclic) bond motifs is 2. The third-order valence-corrected chi connectivity index (χ3v) is 5.32. The van der Waals surface area contributed by atoms with Crippen LogP contribution in [0, 0.1) is 6.92 Å². The minimum absolute atomic E-state index is 0.317. The van der Waals surface area contributed by atoms with Gasteiger partial charge < -0.3 is 4.52 Å². The van der Waals surface area contributed by atoms with E-state index in [4.69, 9.17) is 4.52 Å². The van der Waals surface area contributed by atoms with Gasteiger partial charge in [-0.15, -0.1) is 0 Å². The molecule has 4 atom stereocenters. The summed E-state index contributed by atoms with van der Waals surface area (Å²) in [6.45, 7) is 1.90. The summed E-state index contributed by atoms with van der Waals surface area (Å²) in [7, 11) is 2.25. The summed E-state index contributed by atoms with van der Waals surface area (Å²) < 4.78 is 5.57. The summed E-state index contributed by atoms with van der Waals surface area (Å²) in [5.41, 5.74) is 1.41. The minimum atomic E-state index is 0.317. The molecule has 0 amide bonds. The number of likely N-dealkylation sites (N-methyl/N-ethyl adjacent to an activating group) is 1. The topological polar surface area (TPSA) is 42.2 Å². The maximum atomic E-state index is 5.57. The fraction of sp³-hybridized carbons (Fsp3) is 0.529. The zero-order valence-electron chi connectivity index (χ0n) is 12.6. The molecule has 2 bridgehead atoms. The highest BCUT2D eigenvalue weighted by atomic mass is 16.5. The molecule has 0 aliphatic carbocycles. The fourth-order valence-corrected chi connectivity index (χ4v) is 4.29. The third kappa shape index (κ3) is 2.09. The van der Waals surface area contributed by atoms with Gasteiger partial charge in [-0.2, -0.15) is 4.98 Å². The number of hydrogen-bond donors (Lipinski definition) is 0. The molecule has 2 fully saturated rings. The molecule has 21 heavy (non-hydrogen) atoms. The Labute approximate surface area is 125 Å². The van der Waals surface area contributed by atoms with Gasteiger partial charge in [0.15, 0.2) is 5.82 Å². The number of benzene rings is 1. The predicted molar refractivity (Wildman–Crippen MR) is 80.1 cm³/mol. The van der Waals surface area contributed by atoms with Crippen LogP contribution in [0.25, 0.3) is 0 Å². The highest BCUT2D eigenvalue weighted by Gasteiger charge is 2.48. The number of nitrogens with zero attached hydrogens (tertiary/aromatic N) is 3. The first-order valence-corrected chi connectivity index (χ1v) is 7.81. The van der Waals surface area contributed by atoms with Crippen LogP contribution >= 0.6 is 0 Å². The van der Waals surface area contributed by atoms with Gasteiger partial charge in [0.1, 0.15) is 0 Å². The van der Waals surface area contributed by atoms with E-state index in [9.17, 15) is 0 Å². The van der Waals surface area contributed by atoms with Gasteiger partial charge in [0.2, 0.25) is 5.89 Å². The summed E-state index contributed by atoms with van der Waals surface area (Å²) in [6.07, 6.45) is 3.70. The normalized spacial score (nSPS) is 32.5. The SMILES string of the molecule is Cc1noc([C@H]2C(c3ccccc3)CC3CCC2N3C)n1. The van der Waals surface area contributed by atoms with Gasteiger partial charge in [-0.1, -0.05) is 35.5 Å². The first kappa shape index (κ1) is 13.0. The Bertz CT molecular complexity index is 624. The second-order valence-corrected chi connectivity index (χ2v) is 6.42. The number of aryl methyl sites for hydroxylation is 1. The maximum Gasteiger partial charge on any atom is 0.231 e. The fourth-order valence-electron chi connectivity index (χ4n) is 4.29. The molecule has 2 saturated heterocycles. The van der Waals surface area contributed by atoms with Crippen molar-refractivity contribution in [2.45, 2.75) is 50.1 Å². The van der Waals surface area contributed by atoms with E-state index in [-0.39, 0.29) is 0 Å². The predicted octanol–water partition coefficient (Wildman–Crippen LogP) is 3.11. The van der Waals surface area contributed by atoms with E-state index >= 15 is 0 Å². The summed E-state index contributed by atoms with van der Waals surface area (Å²) >= 11 is 0. The molecular weight excluding hydrogens is 262 g/mol. The van der Waals surface area contributed by atoms with Crippen LogP contribution < -0.4 is 0 Å². The average Bonchev–Trinajstić information content (AvgIpc) is 3.01. The second-order valence-electron chi connectivity index (χ2n) is 6.42. The molecule has 3 heterocycles. The molecule has 4 heteroatoms. The molecule has 1 aromatic heterocycles. The Hall–Kier alpha value is -1.68. The maximum absolute atomic E-state index is 5.57. The van der Waals surface area contributed by atoms with Gasteiger partial charge in [-0.25, -0.2) is 0 Å². The lowest BCUT2D eigenvalue weighted by atomic mass is 9.76. The molecule has 4 rings (SSSR count). The summed E-state index contributed by atoms with van der Waals surface area (Å²) in [5.74, 6) is 2.36. The monoisotopic (exact) mass is 283 g/mol. The van der Waals surface area contributed by atoms with Crippen molar-refractivity contribution in [1.29, 1.82) is 0 Å². The van der Waals surface area contributed by atoms with Crippen molar-refractivity contribution in [2.24, 2.45) is 0 Å². The van der Waals surface area contributed by atoms with Crippen LogP contribution in [-0.4, -0.2) is 34.2 Å². The van der Waals surface area contributed by atoms with E-state index in [1.807, 2.05) is 6.92 Å². The van der Waals surface area contributed by atoms with E-state index in [1.54, 1.807) is 0 Å². The third-order valence-electron chi connectivity index (χ3n) is 5.32.